The maximum atomic E-state index is 13.9. The smallest absolute Gasteiger partial charge is 0.170 e. The van der Waals surface area contributed by atoms with Crippen molar-refractivity contribution in [1.82, 2.24) is 25.5 Å². The molecule has 0 radical (unpaired) electrons. The Morgan fingerprint density at radius 3 is 3.06 bits per heavy atom. The molecule has 0 bridgehead atoms. The molecule has 0 unspecified atom stereocenters. The molecule has 18 heavy (non-hydrogen) atoms. The van der Waals surface area contributed by atoms with E-state index in [9.17, 15) is 4.39 Å². The van der Waals surface area contributed by atoms with E-state index >= 15 is 0 Å². The number of nitrogens with one attached hydrogen (secondary N) is 1. The summed E-state index contributed by atoms with van der Waals surface area (Å²) in [4.78, 5) is 0. The summed E-state index contributed by atoms with van der Waals surface area (Å²) in [6.07, 6.45) is 1.01. The predicted molar refractivity (Wildman–Crippen MR) is 66.1 cm³/mol. The first-order chi connectivity index (χ1) is 8.74. The third kappa shape index (κ3) is 2.65. The number of tetrazole rings is 1. The van der Waals surface area contributed by atoms with Crippen LogP contribution in [-0.4, -0.2) is 26.8 Å². The van der Waals surface area contributed by atoms with Crippen molar-refractivity contribution in [2.24, 2.45) is 0 Å². The van der Waals surface area contributed by atoms with E-state index in [2.05, 4.69) is 27.8 Å². The monoisotopic (exact) mass is 269 g/mol. The van der Waals surface area contributed by atoms with Crippen molar-refractivity contribution in [3.05, 3.63) is 34.9 Å². The molecule has 0 atom stereocenters. The van der Waals surface area contributed by atoms with E-state index < -0.39 is 5.82 Å². The molecular weight excluding hydrogens is 257 g/mol. The van der Waals surface area contributed by atoms with Crippen LogP contribution in [0.25, 0.3) is 5.69 Å². The number of rotatable bonds is 5. The Bertz CT molecular complexity index is 528. The van der Waals surface area contributed by atoms with Crippen molar-refractivity contribution in [2.75, 3.05) is 6.54 Å². The standard InChI is InChI=1S/C11H13ClFN5/c1-2-6-14-7-10-15-16-17-18(10)9-5-3-4-8(12)11(9)13/h3-5,14H,2,6-7H2,1H3. The highest BCUT2D eigenvalue weighted by Gasteiger charge is 2.13. The van der Waals surface area contributed by atoms with Crippen molar-refractivity contribution in [2.45, 2.75) is 19.9 Å². The largest absolute Gasteiger partial charge is 0.310 e. The van der Waals surface area contributed by atoms with Crippen LogP contribution in [-0.2, 0) is 6.54 Å². The Morgan fingerprint density at radius 1 is 1.44 bits per heavy atom. The summed E-state index contributed by atoms with van der Waals surface area (Å²) >= 11 is 5.74. The van der Waals surface area contributed by atoms with Gasteiger partial charge in [0.25, 0.3) is 0 Å². The summed E-state index contributed by atoms with van der Waals surface area (Å²) in [6.45, 7) is 3.39. The molecule has 2 rings (SSSR count). The van der Waals surface area contributed by atoms with Gasteiger partial charge in [0.15, 0.2) is 11.6 Å². The number of nitrogens with zero attached hydrogens (tertiary/aromatic N) is 4. The second-order valence-corrected chi connectivity index (χ2v) is 4.16. The lowest BCUT2D eigenvalue weighted by atomic mass is 10.3. The average molecular weight is 270 g/mol. The van der Waals surface area contributed by atoms with Crippen LogP contribution < -0.4 is 5.32 Å². The summed E-state index contributed by atoms with van der Waals surface area (Å²) in [5.74, 6) is 0.0211. The molecule has 0 saturated carbocycles. The van der Waals surface area contributed by atoms with Gasteiger partial charge in [0.1, 0.15) is 5.69 Å². The predicted octanol–water partition coefficient (Wildman–Crippen LogP) is 1.95. The lowest BCUT2D eigenvalue weighted by Gasteiger charge is -2.07. The lowest BCUT2D eigenvalue weighted by Crippen LogP contribution is -2.18. The molecule has 1 aromatic heterocycles. The average Bonchev–Trinajstić information content (AvgIpc) is 2.81. The van der Waals surface area contributed by atoms with Gasteiger partial charge in [0, 0.05) is 0 Å². The summed E-state index contributed by atoms with van der Waals surface area (Å²) in [6, 6.07) is 4.73. The minimum absolute atomic E-state index is 0.0514. The second kappa shape index (κ2) is 5.88. The minimum Gasteiger partial charge on any atom is -0.310 e. The van der Waals surface area contributed by atoms with E-state index in [4.69, 9.17) is 11.6 Å². The van der Waals surface area contributed by atoms with Crippen LogP contribution in [0.5, 0.6) is 0 Å². The molecule has 0 spiro atoms. The van der Waals surface area contributed by atoms with E-state index in [1.807, 2.05) is 0 Å². The Kier molecular flexibility index (Phi) is 4.22. The van der Waals surface area contributed by atoms with Gasteiger partial charge in [-0.25, -0.2) is 4.39 Å². The number of hydrogen-bond acceptors (Lipinski definition) is 4. The zero-order chi connectivity index (χ0) is 13.0. The summed E-state index contributed by atoms with van der Waals surface area (Å²) in [5.41, 5.74) is 0.251. The number of benzene rings is 1. The summed E-state index contributed by atoms with van der Waals surface area (Å²) in [5, 5.41) is 14.4. The van der Waals surface area contributed by atoms with Gasteiger partial charge in [-0.1, -0.05) is 24.6 Å². The molecule has 0 aliphatic carbocycles. The van der Waals surface area contributed by atoms with E-state index in [0.29, 0.717) is 12.4 Å². The van der Waals surface area contributed by atoms with Crippen LogP contribution in [0.2, 0.25) is 5.02 Å². The fourth-order valence-electron chi connectivity index (χ4n) is 1.54. The summed E-state index contributed by atoms with van der Waals surface area (Å²) in [7, 11) is 0. The Morgan fingerprint density at radius 2 is 2.28 bits per heavy atom. The van der Waals surface area contributed by atoms with Crippen molar-refractivity contribution < 1.29 is 4.39 Å². The van der Waals surface area contributed by atoms with Crippen molar-refractivity contribution in [1.29, 1.82) is 0 Å². The Labute approximate surface area is 109 Å². The van der Waals surface area contributed by atoms with E-state index in [-0.39, 0.29) is 10.7 Å². The second-order valence-electron chi connectivity index (χ2n) is 3.76. The number of aromatic nitrogens is 4. The molecule has 0 saturated heterocycles. The summed E-state index contributed by atoms with van der Waals surface area (Å²) < 4.78 is 15.2. The first-order valence-corrected chi connectivity index (χ1v) is 6.04. The number of hydrogen-bond donors (Lipinski definition) is 1. The molecule has 2 aromatic rings. The third-order valence-corrected chi connectivity index (χ3v) is 2.70. The third-order valence-electron chi connectivity index (χ3n) is 2.40. The quantitative estimate of drug-likeness (QED) is 0.843. The molecule has 0 aliphatic rings. The van der Waals surface area contributed by atoms with Gasteiger partial charge in [-0.2, -0.15) is 4.68 Å². The van der Waals surface area contributed by atoms with Gasteiger partial charge in [-0.3, -0.25) is 0 Å². The zero-order valence-electron chi connectivity index (χ0n) is 9.90. The fourth-order valence-corrected chi connectivity index (χ4v) is 1.71. The maximum Gasteiger partial charge on any atom is 0.170 e. The van der Waals surface area contributed by atoms with Gasteiger partial charge in [0.05, 0.1) is 11.6 Å². The van der Waals surface area contributed by atoms with Gasteiger partial charge < -0.3 is 5.32 Å². The topological polar surface area (TPSA) is 55.6 Å². The van der Waals surface area contributed by atoms with Crippen molar-refractivity contribution >= 4 is 11.6 Å². The van der Waals surface area contributed by atoms with E-state index in [1.165, 1.54) is 10.7 Å². The Balaban J connectivity index is 2.28. The first kappa shape index (κ1) is 12.9. The maximum absolute atomic E-state index is 13.9. The van der Waals surface area contributed by atoms with Crippen molar-refractivity contribution in [3.63, 3.8) is 0 Å². The molecule has 5 nitrogen and oxygen atoms in total. The van der Waals surface area contributed by atoms with Crippen LogP contribution in [0.15, 0.2) is 18.2 Å². The first-order valence-electron chi connectivity index (χ1n) is 5.66. The van der Waals surface area contributed by atoms with Crippen molar-refractivity contribution in [3.8, 4) is 5.69 Å². The van der Waals surface area contributed by atoms with Crippen LogP contribution in [0.1, 0.15) is 19.2 Å². The fraction of sp³-hybridized carbons (Fsp3) is 0.364. The van der Waals surface area contributed by atoms with Gasteiger partial charge in [0.2, 0.25) is 0 Å². The van der Waals surface area contributed by atoms with Gasteiger partial charge in [-0.05, 0) is 35.5 Å². The molecule has 1 N–H and O–H groups in total. The molecule has 0 amide bonds. The highest BCUT2D eigenvalue weighted by molar-refractivity contribution is 6.30. The molecule has 1 aromatic carbocycles. The van der Waals surface area contributed by atoms with Gasteiger partial charge >= 0.3 is 0 Å². The SMILES string of the molecule is CCCNCc1nnnn1-c1cccc(Cl)c1F. The van der Waals surface area contributed by atoms with Crippen LogP contribution in [0, 0.1) is 5.82 Å². The molecule has 1 heterocycles. The van der Waals surface area contributed by atoms with E-state index in [0.717, 1.165) is 13.0 Å². The van der Waals surface area contributed by atoms with E-state index in [1.54, 1.807) is 12.1 Å². The van der Waals surface area contributed by atoms with Crippen LogP contribution >= 0.6 is 11.6 Å². The number of halogens is 2. The molecule has 0 aliphatic heterocycles. The van der Waals surface area contributed by atoms with Crippen LogP contribution in [0.3, 0.4) is 0 Å². The lowest BCUT2D eigenvalue weighted by molar-refractivity contribution is 0.590. The molecular formula is C11H13ClFN5. The van der Waals surface area contributed by atoms with Crippen LogP contribution in [0.4, 0.5) is 4.39 Å². The Hall–Kier alpha value is -1.53. The molecule has 7 heteroatoms. The zero-order valence-corrected chi connectivity index (χ0v) is 10.7. The molecule has 96 valence electrons. The van der Waals surface area contributed by atoms with Gasteiger partial charge in [-0.15, -0.1) is 5.10 Å². The highest BCUT2D eigenvalue weighted by atomic mass is 35.5. The minimum atomic E-state index is -0.525. The normalized spacial score (nSPS) is 10.8. The molecule has 0 fully saturated rings. The highest BCUT2D eigenvalue weighted by Crippen LogP contribution is 2.20.